The highest BCUT2D eigenvalue weighted by molar-refractivity contribution is 5.94. The third-order valence-electron chi connectivity index (χ3n) is 14.2. The maximum absolute atomic E-state index is 14.9. The van der Waals surface area contributed by atoms with Gasteiger partial charge in [-0.05, 0) is 103 Å². The van der Waals surface area contributed by atoms with Crippen molar-refractivity contribution in [3.05, 3.63) is 96.1 Å². The first-order valence-electron chi connectivity index (χ1n) is 27.1. The van der Waals surface area contributed by atoms with Crippen LogP contribution in [0.15, 0.2) is 84.9 Å². The molecule has 0 aromatic heterocycles. The summed E-state index contributed by atoms with van der Waals surface area (Å²) in [5.41, 5.74) is 7.53. The lowest BCUT2D eigenvalue weighted by Crippen LogP contribution is -2.57. The van der Waals surface area contributed by atoms with Crippen molar-refractivity contribution in [1.82, 2.24) is 21.4 Å². The lowest BCUT2D eigenvalue weighted by Gasteiger charge is -2.35. The number of hydroxylamine groups is 1. The van der Waals surface area contributed by atoms with Gasteiger partial charge in [0.25, 0.3) is 5.91 Å². The molecule has 2 saturated carbocycles. The monoisotopic (exact) mass is 1030 g/mol. The molecule has 6 N–H and O–H groups in total. The highest BCUT2D eigenvalue weighted by atomic mass is 16.7. The standard InChI is InChI=1S/C60H83N5O10/c1-58(2,3)50(52(61)66)63-53(67)46(36-38-28-30-40-20-16-18-22-42(40)34-38)48(73-44-24-12-10-13-25-44)55(69)65-72-33-32-62-56(70)51(59(4,5)6)64-54(68)47(37-39-29-31-41-21-17-19-23-43(41)35-39)49(57(71)75-60(7,8)9)74-45-26-14-11-15-27-45/h16-23,28-31,34-35,44-51H,10-15,24-27,32-33,36-37H2,1-9H3,(H2,61,66)(H,62,70)(H,63,67)(H,64,68)(H,65,69)/t46?,47?,48-,49-,50+,51+/m0/s1. The molecule has 15 heteroatoms. The van der Waals surface area contributed by atoms with E-state index >= 15 is 0 Å². The highest BCUT2D eigenvalue weighted by Crippen LogP contribution is 2.31. The number of ether oxygens (including phenoxy) is 3. The molecule has 408 valence electrons. The Kier molecular flexibility index (Phi) is 20.4. The minimum atomic E-state index is -1.34. The molecule has 0 bridgehead atoms. The van der Waals surface area contributed by atoms with Gasteiger partial charge in [-0.2, -0.15) is 0 Å². The highest BCUT2D eigenvalue weighted by Gasteiger charge is 2.44. The van der Waals surface area contributed by atoms with Crippen molar-refractivity contribution in [2.24, 2.45) is 28.4 Å². The van der Waals surface area contributed by atoms with Gasteiger partial charge in [0.1, 0.15) is 17.7 Å². The first-order chi connectivity index (χ1) is 35.5. The van der Waals surface area contributed by atoms with Gasteiger partial charge in [-0.25, -0.2) is 10.3 Å². The molecule has 5 amide bonds. The second-order valence-corrected chi connectivity index (χ2v) is 23.8. The summed E-state index contributed by atoms with van der Waals surface area (Å²) >= 11 is 0. The van der Waals surface area contributed by atoms with Crippen LogP contribution in [-0.4, -0.2) is 90.8 Å². The Morgan fingerprint density at radius 2 is 0.987 bits per heavy atom. The zero-order chi connectivity index (χ0) is 54.5. The third-order valence-corrected chi connectivity index (χ3v) is 14.2. The molecular weight excluding hydrogens is 951 g/mol. The van der Waals surface area contributed by atoms with Crippen LogP contribution in [0.25, 0.3) is 21.5 Å². The van der Waals surface area contributed by atoms with Gasteiger partial charge in [-0.15, -0.1) is 0 Å². The molecule has 0 spiro atoms. The number of nitrogens with one attached hydrogen (secondary N) is 4. The molecule has 0 radical (unpaired) electrons. The third kappa shape index (κ3) is 17.3. The van der Waals surface area contributed by atoms with Crippen molar-refractivity contribution in [1.29, 1.82) is 0 Å². The number of esters is 1. The van der Waals surface area contributed by atoms with Crippen molar-refractivity contribution < 1.29 is 47.8 Å². The fourth-order valence-electron chi connectivity index (χ4n) is 10.1. The molecule has 0 aliphatic heterocycles. The zero-order valence-corrected chi connectivity index (χ0v) is 45.8. The van der Waals surface area contributed by atoms with Gasteiger partial charge >= 0.3 is 5.97 Å². The Bertz CT molecular complexity index is 2590. The molecule has 15 nitrogen and oxygen atoms in total. The van der Waals surface area contributed by atoms with Crippen LogP contribution < -0.4 is 27.2 Å². The largest absolute Gasteiger partial charge is 0.458 e. The van der Waals surface area contributed by atoms with E-state index in [4.69, 9.17) is 24.8 Å². The van der Waals surface area contributed by atoms with E-state index in [2.05, 4.69) is 21.4 Å². The van der Waals surface area contributed by atoms with Gasteiger partial charge < -0.3 is 35.9 Å². The summed E-state index contributed by atoms with van der Waals surface area (Å²) in [6.45, 7) is 16.0. The van der Waals surface area contributed by atoms with Crippen molar-refractivity contribution in [2.45, 2.75) is 181 Å². The second-order valence-electron chi connectivity index (χ2n) is 23.8. The van der Waals surface area contributed by atoms with Crippen LogP contribution in [-0.2, 0) is 60.7 Å². The minimum Gasteiger partial charge on any atom is -0.458 e. The number of carbonyl (C=O) groups is 6. The minimum absolute atomic E-state index is 0.0750. The smallest absolute Gasteiger partial charge is 0.336 e. The fraction of sp³-hybridized carbons (Fsp3) is 0.567. The van der Waals surface area contributed by atoms with E-state index in [0.717, 1.165) is 84.0 Å². The van der Waals surface area contributed by atoms with Crippen molar-refractivity contribution in [2.75, 3.05) is 13.2 Å². The van der Waals surface area contributed by atoms with Gasteiger partial charge in [0, 0.05) is 6.54 Å². The quantitative estimate of drug-likeness (QED) is 0.0288. The van der Waals surface area contributed by atoms with Crippen LogP contribution in [0, 0.1) is 22.7 Å². The number of carbonyl (C=O) groups excluding carboxylic acids is 6. The summed E-state index contributed by atoms with van der Waals surface area (Å²) in [6, 6.07) is 25.4. The van der Waals surface area contributed by atoms with Gasteiger partial charge in [-0.1, -0.05) is 165 Å². The molecule has 75 heavy (non-hydrogen) atoms. The van der Waals surface area contributed by atoms with Crippen LogP contribution in [0.2, 0.25) is 0 Å². The summed E-state index contributed by atoms with van der Waals surface area (Å²) in [6.07, 6.45) is 5.83. The van der Waals surface area contributed by atoms with E-state index in [1.54, 1.807) is 41.5 Å². The van der Waals surface area contributed by atoms with Crippen molar-refractivity contribution >= 4 is 57.1 Å². The molecule has 4 aromatic rings. The number of nitrogens with two attached hydrogens (primary N) is 1. The van der Waals surface area contributed by atoms with E-state index in [1.165, 1.54) is 0 Å². The topological polar surface area (TPSA) is 213 Å². The van der Waals surface area contributed by atoms with Crippen LogP contribution in [0.3, 0.4) is 0 Å². The Morgan fingerprint density at radius 1 is 0.547 bits per heavy atom. The van der Waals surface area contributed by atoms with Crippen LogP contribution in [0.4, 0.5) is 0 Å². The molecule has 2 aliphatic rings. The summed E-state index contributed by atoms with van der Waals surface area (Å²) < 4.78 is 19.1. The van der Waals surface area contributed by atoms with E-state index in [0.29, 0.717) is 12.8 Å². The van der Waals surface area contributed by atoms with Gasteiger partial charge in [0.05, 0.1) is 30.7 Å². The number of amides is 5. The lowest BCUT2D eigenvalue weighted by molar-refractivity contribution is -0.180. The predicted molar refractivity (Wildman–Crippen MR) is 291 cm³/mol. The van der Waals surface area contributed by atoms with Crippen LogP contribution in [0.1, 0.15) is 138 Å². The Morgan fingerprint density at radius 3 is 1.44 bits per heavy atom. The number of hydrogen-bond donors (Lipinski definition) is 5. The molecule has 6 atom stereocenters. The van der Waals surface area contributed by atoms with Gasteiger partial charge in [0.2, 0.25) is 23.6 Å². The average molecular weight is 1030 g/mol. The molecule has 2 aliphatic carbocycles. The number of fused-ring (bicyclic) bond motifs is 2. The molecule has 6 rings (SSSR count). The average Bonchev–Trinajstić information content (AvgIpc) is 3.35. The zero-order valence-electron chi connectivity index (χ0n) is 45.8. The van der Waals surface area contributed by atoms with E-state index in [-0.39, 0.29) is 38.2 Å². The SMILES string of the molecule is CC(C)(C)OC(=O)[C@@H](OC1CCCCC1)C(Cc1ccc2ccccc2c1)C(=O)N[C@H](C(=O)NCCONC(=O)[C@@H](OC1CCCCC1)C(Cc1ccc2ccccc2c1)C(=O)N[C@H](C(N)=O)C(C)(C)C)C(C)(C)C. The van der Waals surface area contributed by atoms with E-state index in [1.807, 2.05) is 106 Å². The molecule has 0 saturated heterocycles. The lowest BCUT2D eigenvalue weighted by atomic mass is 9.84. The summed E-state index contributed by atoms with van der Waals surface area (Å²) in [7, 11) is 0. The number of hydrogen-bond acceptors (Lipinski definition) is 10. The number of primary amides is 1. The van der Waals surface area contributed by atoms with E-state index in [9.17, 15) is 28.8 Å². The first-order valence-corrected chi connectivity index (χ1v) is 27.1. The summed E-state index contributed by atoms with van der Waals surface area (Å²) in [5.74, 6) is -5.84. The molecule has 2 fully saturated rings. The summed E-state index contributed by atoms with van der Waals surface area (Å²) in [4.78, 5) is 90.7. The first kappa shape index (κ1) is 58.4. The number of benzene rings is 4. The fourth-order valence-corrected chi connectivity index (χ4v) is 10.1. The second kappa shape index (κ2) is 26.2. The Balaban J connectivity index is 1.19. The maximum Gasteiger partial charge on any atom is 0.336 e. The van der Waals surface area contributed by atoms with Gasteiger partial charge in [-0.3, -0.25) is 28.8 Å². The van der Waals surface area contributed by atoms with Crippen LogP contribution in [0.5, 0.6) is 0 Å². The molecule has 4 aromatic carbocycles. The maximum atomic E-state index is 14.9. The Labute approximate surface area is 443 Å². The predicted octanol–water partition coefficient (Wildman–Crippen LogP) is 8.50. The molecular formula is C60H83N5O10. The Hall–Kier alpha value is -5.90. The van der Waals surface area contributed by atoms with Gasteiger partial charge in [0.15, 0.2) is 12.2 Å². The number of rotatable bonds is 22. The molecule has 2 unspecified atom stereocenters. The van der Waals surface area contributed by atoms with Crippen LogP contribution >= 0.6 is 0 Å². The van der Waals surface area contributed by atoms with E-state index < -0.39 is 88.1 Å². The molecule has 0 heterocycles. The summed E-state index contributed by atoms with van der Waals surface area (Å²) in [5, 5.41) is 12.7. The van der Waals surface area contributed by atoms with Crippen molar-refractivity contribution in [3.63, 3.8) is 0 Å². The van der Waals surface area contributed by atoms with Crippen molar-refractivity contribution in [3.8, 4) is 0 Å². The normalized spacial score (nSPS) is 17.5.